The number of amides is 2. The highest BCUT2D eigenvalue weighted by Gasteiger charge is 2.29. The molecule has 2 N–H and O–H groups in total. The van der Waals surface area contributed by atoms with Crippen molar-refractivity contribution in [1.29, 1.82) is 0 Å². The van der Waals surface area contributed by atoms with E-state index in [0.29, 0.717) is 0 Å². The van der Waals surface area contributed by atoms with Gasteiger partial charge in [0.25, 0.3) is 6.47 Å². The standard InChI is InChI=1S/C23H24N2O7/c26-15-31-12-11-25(10-9-22(28)29)21(27)13-24-23(30)32-14-20-18-7-3-1-5-16(18)17-6-2-4-8-19(17)20/h1-8,15,20H,9-14H2,(H,24,30)(H,28,29). The maximum absolute atomic E-state index is 12.4. The van der Waals surface area contributed by atoms with Crippen molar-refractivity contribution >= 4 is 24.4 Å². The Hall–Kier alpha value is -3.88. The maximum atomic E-state index is 12.4. The Labute approximate surface area is 184 Å². The number of benzene rings is 2. The number of nitrogens with one attached hydrogen (secondary N) is 1. The molecule has 9 nitrogen and oxygen atoms in total. The van der Waals surface area contributed by atoms with Gasteiger partial charge < -0.3 is 24.8 Å². The Morgan fingerprint density at radius 1 is 1.00 bits per heavy atom. The van der Waals surface area contributed by atoms with Crippen LogP contribution in [0, 0.1) is 0 Å². The van der Waals surface area contributed by atoms with Gasteiger partial charge in [0.05, 0.1) is 13.0 Å². The molecule has 9 heteroatoms. The normalized spacial score (nSPS) is 11.8. The van der Waals surface area contributed by atoms with Crippen LogP contribution in [0.15, 0.2) is 48.5 Å². The Morgan fingerprint density at radius 2 is 1.62 bits per heavy atom. The van der Waals surface area contributed by atoms with Gasteiger partial charge in [-0.15, -0.1) is 0 Å². The van der Waals surface area contributed by atoms with E-state index in [4.69, 9.17) is 9.84 Å². The minimum absolute atomic E-state index is 0.0250. The van der Waals surface area contributed by atoms with Gasteiger partial charge in [0.1, 0.15) is 19.8 Å². The third-order valence-corrected chi connectivity index (χ3v) is 5.22. The number of alkyl carbamates (subject to hydrolysis) is 1. The molecule has 2 aromatic carbocycles. The van der Waals surface area contributed by atoms with Crippen LogP contribution in [0.5, 0.6) is 0 Å². The number of carboxylic acid groups (broad SMARTS) is 1. The lowest BCUT2D eigenvalue weighted by molar-refractivity contribution is -0.139. The first-order chi connectivity index (χ1) is 15.5. The number of aliphatic carboxylic acids is 1. The Morgan fingerprint density at radius 3 is 2.22 bits per heavy atom. The lowest BCUT2D eigenvalue weighted by atomic mass is 9.98. The average molecular weight is 440 g/mol. The van der Waals surface area contributed by atoms with Crippen LogP contribution in [0.3, 0.4) is 0 Å². The lowest BCUT2D eigenvalue weighted by Crippen LogP contribution is -2.42. The zero-order valence-electron chi connectivity index (χ0n) is 17.4. The van der Waals surface area contributed by atoms with E-state index >= 15 is 0 Å². The summed E-state index contributed by atoms with van der Waals surface area (Å²) in [5, 5.41) is 11.2. The Bertz CT molecular complexity index is 946. The number of carboxylic acids is 1. The second-order valence-electron chi connectivity index (χ2n) is 7.17. The molecule has 168 valence electrons. The first kappa shape index (κ1) is 22.8. The van der Waals surface area contributed by atoms with Crippen molar-refractivity contribution < 1.29 is 33.8 Å². The first-order valence-electron chi connectivity index (χ1n) is 10.1. The highest BCUT2D eigenvalue weighted by Crippen LogP contribution is 2.44. The monoisotopic (exact) mass is 440 g/mol. The summed E-state index contributed by atoms with van der Waals surface area (Å²) in [6, 6.07) is 15.9. The van der Waals surface area contributed by atoms with Crippen molar-refractivity contribution in [3.63, 3.8) is 0 Å². The number of carbonyl (C=O) groups is 4. The van der Waals surface area contributed by atoms with E-state index in [1.165, 1.54) is 4.90 Å². The molecule has 0 aliphatic heterocycles. The fourth-order valence-electron chi connectivity index (χ4n) is 3.71. The smallest absolute Gasteiger partial charge is 0.407 e. The predicted molar refractivity (Wildman–Crippen MR) is 114 cm³/mol. The average Bonchev–Trinajstić information content (AvgIpc) is 3.12. The summed E-state index contributed by atoms with van der Waals surface area (Å²) in [5.74, 6) is -1.67. The molecule has 0 bridgehead atoms. The SMILES string of the molecule is O=COCCN(CCC(=O)O)C(=O)CNC(=O)OCC1c2ccccc2-c2ccccc21. The van der Waals surface area contributed by atoms with Crippen molar-refractivity contribution in [2.75, 3.05) is 32.8 Å². The topological polar surface area (TPSA) is 122 Å². The van der Waals surface area contributed by atoms with Crippen LogP contribution in [0.4, 0.5) is 4.79 Å². The molecule has 0 unspecified atom stereocenters. The molecular formula is C23H24N2O7. The van der Waals surface area contributed by atoms with Gasteiger partial charge in [0.15, 0.2) is 0 Å². The number of hydrogen-bond acceptors (Lipinski definition) is 6. The molecule has 0 saturated heterocycles. The Balaban J connectivity index is 1.53. The van der Waals surface area contributed by atoms with Crippen LogP contribution >= 0.6 is 0 Å². The van der Waals surface area contributed by atoms with Crippen LogP contribution < -0.4 is 5.32 Å². The van der Waals surface area contributed by atoms with Crippen molar-refractivity contribution in [2.45, 2.75) is 12.3 Å². The van der Waals surface area contributed by atoms with Crippen LogP contribution in [0.2, 0.25) is 0 Å². The second kappa shape index (κ2) is 10.9. The van der Waals surface area contributed by atoms with Crippen molar-refractivity contribution in [3.05, 3.63) is 59.7 Å². The molecule has 0 fully saturated rings. The van der Waals surface area contributed by atoms with Gasteiger partial charge in [-0.05, 0) is 22.3 Å². The van der Waals surface area contributed by atoms with E-state index in [0.717, 1.165) is 22.3 Å². The number of ether oxygens (including phenoxy) is 2. The van der Waals surface area contributed by atoms with Crippen LogP contribution in [0.25, 0.3) is 11.1 Å². The minimum atomic E-state index is -1.07. The van der Waals surface area contributed by atoms with Crippen LogP contribution in [-0.4, -0.2) is 67.3 Å². The molecule has 0 atom stereocenters. The van der Waals surface area contributed by atoms with Gasteiger partial charge in [-0.2, -0.15) is 0 Å². The fourth-order valence-corrected chi connectivity index (χ4v) is 3.71. The molecule has 0 radical (unpaired) electrons. The number of carbonyl (C=O) groups excluding carboxylic acids is 3. The number of fused-ring (bicyclic) bond motifs is 3. The van der Waals surface area contributed by atoms with Gasteiger partial charge in [-0.1, -0.05) is 48.5 Å². The maximum Gasteiger partial charge on any atom is 0.407 e. The molecule has 0 aromatic heterocycles. The van der Waals surface area contributed by atoms with Gasteiger partial charge in [-0.25, -0.2) is 4.79 Å². The highest BCUT2D eigenvalue weighted by molar-refractivity contribution is 5.83. The van der Waals surface area contributed by atoms with Crippen LogP contribution in [-0.2, 0) is 23.9 Å². The first-order valence-corrected chi connectivity index (χ1v) is 10.1. The minimum Gasteiger partial charge on any atom is -0.481 e. The van der Waals surface area contributed by atoms with Crippen LogP contribution in [0.1, 0.15) is 23.5 Å². The molecule has 0 saturated carbocycles. The molecule has 2 amide bonds. The zero-order valence-corrected chi connectivity index (χ0v) is 17.4. The Kier molecular flexibility index (Phi) is 7.80. The molecule has 0 spiro atoms. The van der Waals surface area contributed by atoms with Gasteiger partial charge in [0, 0.05) is 12.5 Å². The number of nitrogens with zero attached hydrogens (tertiary/aromatic N) is 1. The van der Waals surface area contributed by atoms with Crippen molar-refractivity contribution in [2.24, 2.45) is 0 Å². The largest absolute Gasteiger partial charge is 0.481 e. The third-order valence-electron chi connectivity index (χ3n) is 5.22. The molecule has 3 rings (SSSR count). The molecule has 2 aromatic rings. The fraction of sp³-hybridized carbons (Fsp3) is 0.304. The zero-order chi connectivity index (χ0) is 22.9. The van der Waals surface area contributed by atoms with E-state index in [-0.39, 0.29) is 51.7 Å². The number of rotatable bonds is 11. The van der Waals surface area contributed by atoms with E-state index in [9.17, 15) is 19.2 Å². The third kappa shape index (κ3) is 5.63. The molecule has 1 aliphatic rings. The highest BCUT2D eigenvalue weighted by atomic mass is 16.5. The summed E-state index contributed by atoms with van der Waals surface area (Å²) in [5.41, 5.74) is 4.37. The van der Waals surface area contributed by atoms with Crippen molar-refractivity contribution in [3.8, 4) is 11.1 Å². The molecule has 0 heterocycles. The summed E-state index contributed by atoms with van der Waals surface area (Å²) in [7, 11) is 0. The van der Waals surface area contributed by atoms with Crippen molar-refractivity contribution in [1.82, 2.24) is 10.2 Å². The second-order valence-corrected chi connectivity index (χ2v) is 7.17. The summed E-state index contributed by atoms with van der Waals surface area (Å²) >= 11 is 0. The van der Waals surface area contributed by atoms with E-state index < -0.39 is 18.0 Å². The van der Waals surface area contributed by atoms with Gasteiger partial charge in [-0.3, -0.25) is 14.4 Å². The van der Waals surface area contributed by atoms with Gasteiger partial charge >= 0.3 is 12.1 Å². The summed E-state index contributed by atoms with van der Waals surface area (Å²) in [6.45, 7) is -0.115. The van der Waals surface area contributed by atoms with E-state index in [1.807, 2.05) is 48.5 Å². The molecule has 1 aliphatic carbocycles. The quantitative estimate of drug-likeness (QED) is 0.405. The molecular weight excluding hydrogens is 416 g/mol. The summed E-state index contributed by atoms with van der Waals surface area (Å²) in [4.78, 5) is 46.9. The van der Waals surface area contributed by atoms with Gasteiger partial charge in [0.2, 0.25) is 5.91 Å². The molecule has 32 heavy (non-hydrogen) atoms. The summed E-state index contributed by atoms with van der Waals surface area (Å²) in [6.07, 6.45) is -1.01. The van der Waals surface area contributed by atoms with E-state index in [1.54, 1.807) is 0 Å². The lowest BCUT2D eigenvalue weighted by Gasteiger charge is -2.21. The predicted octanol–water partition coefficient (Wildman–Crippen LogP) is 2.00. The van der Waals surface area contributed by atoms with E-state index in [2.05, 4.69) is 10.1 Å². The number of hydrogen-bond donors (Lipinski definition) is 2. The summed E-state index contributed by atoms with van der Waals surface area (Å²) < 4.78 is 9.95.